The summed E-state index contributed by atoms with van der Waals surface area (Å²) in [5.41, 5.74) is 1.41. The molecule has 3 aromatic rings. The Morgan fingerprint density at radius 3 is 2.33 bits per heavy atom. The molecule has 1 N–H and O–H groups in total. The van der Waals surface area contributed by atoms with Gasteiger partial charge in [0.2, 0.25) is 11.8 Å². The van der Waals surface area contributed by atoms with Crippen LogP contribution in [0.5, 0.6) is 5.75 Å². The van der Waals surface area contributed by atoms with Gasteiger partial charge in [-0.1, -0.05) is 18.2 Å². The van der Waals surface area contributed by atoms with Crippen molar-refractivity contribution >= 4 is 5.69 Å². The molecule has 0 spiro atoms. The molecule has 0 aliphatic rings. The number of hydrogen-bond donors (Lipinski definition) is 1. The minimum atomic E-state index is -4.70. The molecular weight excluding hydrogens is 323 g/mol. The van der Waals surface area contributed by atoms with Crippen molar-refractivity contribution in [3.8, 4) is 17.2 Å². The molecule has 8 heteroatoms. The Labute approximate surface area is 135 Å². The zero-order valence-corrected chi connectivity index (χ0v) is 12.2. The molecule has 1 aromatic heterocycles. The number of aromatic nitrogens is 2. The topological polar surface area (TPSA) is 60.2 Å². The Morgan fingerprint density at radius 1 is 0.958 bits per heavy atom. The van der Waals surface area contributed by atoms with E-state index in [-0.39, 0.29) is 12.3 Å². The van der Waals surface area contributed by atoms with Gasteiger partial charge in [0.05, 0.1) is 6.54 Å². The molecular formula is C16H12F3N3O2. The van der Waals surface area contributed by atoms with Crippen LogP contribution in [0.1, 0.15) is 5.89 Å². The van der Waals surface area contributed by atoms with Crippen molar-refractivity contribution in [1.82, 2.24) is 10.2 Å². The highest BCUT2D eigenvalue weighted by Gasteiger charge is 2.30. The summed E-state index contributed by atoms with van der Waals surface area (Å²) in [6, 6.07) is 14.7. The lowest BCUT2D eigenvalue weighted by Crippen LogP contribution is -2.17. The van der Waals surface area contributed by atoms with Crippen molar-refractivity contribution in [3.63, 3.8) is 0 Å². The van der Waals surface area contributed by atoms with E-state index in [9.17, 15) is 13.2 Å². The van der Waals surface area contributed by atoms with Crippen LogP contribution in [0.2, 0.25) is 0 Å². The number of nitrogens with zero attached hydrogens (tertiary/aromatic N) is 2. The highest BCUT2D eigenvalue weighted by Crippen LogP contribution is 2.24. The predicted octanol–water partition coefficient (Wildman–Crippen LogP) is 4.25. The van der Waals surface area contributed by atoms with Gasteiger partial charge in [-0.25, -0.2) is 0 Å². The summed E-state index contributed by atoms with van der Waals surface area (Å²) in [5, 5.41) is 10.9. The highest BCUT2D eigenvalue weighted by atomic mass is 19.4. The summed E-state index contributed by atoms with van der Waals surface area (Å²) in [4.78, 5) is 0. The molecule has 0 aliphatic carbocycles. The second-order valence-electron chi connectivity index (χ2n) is 4.79. The van der Waals surface area contributed by atoms with E-state index in [2.05, 4.69) is 20.3 Å². The van der Waals surface area contributed by atoms with Crippen molar-refractivity contribution in [2.45, 2.75) is 12.9 Å². The largest absolute Gasteiger partial charge is 0.573 e. The van der Waals surface area contributed by atoms with Crippen LogP contribution < -0.4 is 10.1 Å². The molecule has 0 aliphatic heterocycles. The lowest BCUT2D eigenvalue weighted by atomic mass is 10.2. The first kappa shape index (κ1) is 15.9. The third-order valence-electron chi connectivity index (χ3n) is 3.02. The van der Waals surface area contributed by atoms with Crippen molar-refractivity contribution in [2.24, 2.45) is 0 Å². The number of nitrogens with one attached hydrogen (secondary N) is 1. The molecule has 24 heavy (non-hydrogen) atoms. The third-order valence-corrected chi connectivity index (χ3v) is 3.02. The molecule has 0 unspecified atom stereocenters. The van der Waals surface area contributed by atoms with Crippen LogP contribution in [0, 0.1) is 0 Å². The number of hydrogen-bond acceptors (Lipinski definition) is 5. The molecule has 0 saturated heterocycles. The van der Waals surface area contributed by atoms with E-state index in [1.54, 1.807) is 0 Å². The first-order valence-corrected chi connectivity index (χ1v) is 6.97. The van der Waals surface area contributed by atoms with Crippen LogP contribution in [0.25, 0.3) is 11.5 Å². The van der Waals surface area contributed by atoms with Crippen LogP contribution in [0.4, 0.5) is 18.9 Å². The van der Waals surface area contributed by atoms with Gasteiger partial charge in [-0.15, -0.1) is 23.4 Å². The standard InChI is InChI=1S/C16H12F3N3O2/c17-16(18,19)24-13-8-6-12(7-9-13)20-10-14-21-22-15(23-14)11-4-2-1-3-5-11/h1-9,20H,10H2. The van der Waals surface area contributed by atoms with Gasteiger partial charge in [0.25, 0.3) is 0 Å². The first-order valence-electron chi connectivity index (χ1n) is 6.97. The molecule has 1 heterocycles. The zero-order chi connectivity index (χ0) is 17.0. The second-order valence-corrected chi connectivity index (χ2v) is 4.79. The first-order chi connectivity index (χ1) is 11.5. The van der Waals surface area contributed by atoms with Crippen molar-refractivity contribution in [3.05, 3.63) is 60.5 Å². The van der Waals surface area contributed by atoms with Gasteiger partial charge in [-0.2, -0.15) is 0 Å². The molecule has 0 amide bonds. The van der Waals surface area contributed by atoms with E-state index in [4.69, 9.17) is 4.42 Å². The lowest BCUT2D eigenvalue weighted by molar-refractivity contribution is -0.274. The molecule has 0 atom stereocenters. The number of alkyl halides is 3. The zero-order valence-electron chi connectivity index (χ0n) is 12.2. The van der Waals surface area contributed by atoms with Gasteiger partial charge in [0.15, 0.2) is 0 Å². The molecule has 0 radical (unpaired) electrons. The summed E-state index contributed by atoms with van der Waals surface area (Å²) in [7, 11) is 0. The minimum Gasteiger partial charge on any atom is -0.419 e. The van der Waals surface area contributed by atoms with Gasteiger partial charge in [0.1, 0.15) is 5.75 Å². The maximum Gasteiger partial charge on any atom is 0.573 e. The Hall–Kier alpha value is -3.03. The van der Waals surface area contributed by atoms with E-state index in [1.165, 1.54) is 24.3 Å². The van der Waals surface area contributed by atoms with E-state index in [0.29, 0.717) is 17.5 Å². The van der Waals surface area contributed by atoms with E-state index < -0.39 is 6.36 Å². The Morgan fingerprint density at radius 2 is 1.67 bits per heavy atom. The fraction of sp³-hybridized carbons (Fsp3) is 0.125. The predicted molar refractivity (Wildman–Crippen MR) is 80.2 cm³/mol. The fourth-order valence-electron chi connectivity index (χ4n) is 1.97. The van der Waals surface area contributed by atoms with Crippen molar-refractivity contribution < 1.29 is 22.3 Å². The maximum atomic E-state index is 12.1. The monoisotopic (exact) mass is 335 g/mol. The molecule has 0 fully saturated rings. The molecule has 0 bridgehead atoms. The van der Waals surface area contributed by atoms with Crippen LogP contribution >= 0.6 is 0 Å². The second kappa shape index (κ2) is 6.61. The van der Waals surface area contributed by atoms with Crippen LogP contribution in [-0.4, -0.2) is 16.6 Å². The lowest BCUT2D eigenvalue weighted by Gasteiger charge is -2.09. The summed E-state index contributed by atoms with van der Waals surface area (Å²) in [6.07, 6.45) is -4.70. The fourth-order valence-corrected chi connectivity index (χ4v) is 1.97. The Kier molecular flexibility index (Phi) is 4.37. The molecule has 124 valence electrons. The summed E-state index contributed by atoms with van der Waals surface area (Å²) >= 11 is 0. The normalized spacial score (nSPS) is 11.3. The number of benzene rings is 2. The van der Waals surface area contributed by atoms with Crippen molar-refractivity contribution in [2.75, 3.05) is 5.32 Å². The highest BCUT2D eigenvalue weighted by molar-refractivity contribution is 5.52. The summed E-state index contributed by atoms with van der Waals surface area (Å²) in [6.45, 7) is 0.249. The van der Waals surface area contributed by atoms with Gasteiger partial charge in [0, 0.05) is 11.3 Å². The van der Waals surface area contributed by atoms with E-state index in [1.807, 2.05) is 30.3 Å². The van der Waals surface area contributed by atoms with Crippen LogP contribution in [0.15, 0.2) is 59.0 Å². The third kappa shape index (κ3) is 4.25. The number of halogens is 3. The maximum absolute atomic E-state index is 12.1. The quantitative estimate of drug-likeness (QED) is 0.755. The average molecular weight is 335 g/mol. The minimum absolute atomic E-state index is 0.249. The molecule has 0 saturated carbocycles. The SMILES string of the molecule is FC(F)(F)Oc1ccc(NCc2nnc(-c3ccccc3)o2)cc1. The summed E-state index contributed by atoms with van der Waals surface area (Å²) < 4.78 is 45.6. The summed E-state index contributed by atoms with van der Waals surface area (Å²) in [5.74, 6) is 0.489. The van der Waals surface area contributed by atoms with E-state index in [0.717, 1.165) is 5.56 Å². The van der Waals surface area contributed by atoms with Gasteiger partial charge >= 0.3 is 6.36 Å². The van der Waals surface area contributed by atoms with Gasteiger partial charge in [-0.3, -0.25) is 0 Å². The van der Waals surface area contributed by atoms with E-state index >= 15 is 0 Å². The number of rotatable bonds is 5. The Balaban J connectivity index is 1.59. The number of ether oxygens (including phenoxy) is 1. The average Bonchev–Trinajstić information content (AvgIpc) is 3.03. The van der Waals surface area contributed by atoms with Crippen molar-refractivity contribution in [1.29, 1.82) is 0 Å². The van der Waals surface area contributed by atoms with Gasteiger partial charge in [-0.05, 0) is 36.4 Å². The molecule has 2 aromatic carbocycles. The molecule has 5 nitrogen and oxygen atoms in total. The molecule has 3 rings (SSSR count). The smallest absolute Gasteiger partial charge is 0.419 e. The Bertz CT molecular complexity index is 786. The van der Waals surface area contributed by atoms with Gasteiger partial charge < -0.3 is 14.5 Å². The number of anilines is 1. The van der Waals surface area contributed by atoms with Crippen LogP contribution in [-0.2, 0) is 6.54 Å². The van der Waals surface area contributed by atoms with Crippen LogP contribution in [0.3, 0.4) is 0 Å².